The molecule has 9 nitrogen and oxygen atoms in total. The van der Waals surface area contributed by atoms with Gasteiger partial charge in [-0.05, 0) is 74.2 Å². The van der Waals surface area contributed by atoms with Gasteiger partial charge in [0.05, 0.1) is 0 Å². The van der Waals surface area contributed by atoms with Gasteiger partial charge < -0.3 is 29.7 Å². The van der Waals surface area contributed by atoms with E-state index in [9.17, 15) is 9.90 Å². The van der Waals surface area contributed by atoms with E-state index in [0.29, 0.717) is 29.8 Å². The van der Waals surface area contributed by atoms with Gasteiger partial charge in [0.1, 0.15) is 25.1 Å². The minimum absolute atomic E-state index is 0.00168. The normalized spacial score (nSPS) is 12.3. The molecule has 0 saturated carbocycles. The predicted octanol–water partition coefficient (Wildman–Crippen LogP) is 3.52. The van der Waals surface area contributed by atoms with E-state index in [0.717, 1.165) is 40.9 Å². The molecule has 3 N–H and O–H groups in total. The number of carbonyl (C=O) groups is 1. The van der Waals surface area contributed by atoms with Crippen molar-refractivity contribution in [3.63, 3.8) is 0 Å². The second kappa shape index (κ2) is 13.5. The first-order chi connectivity index (χ1) is 18.1. The van der Waals surface area contributed by atoms with Crippen LogP contribution in [-0.4, -0.2) is 70.6 Å². The molecule has 0 bridgehead atoms. The molecule has 1 atom stereocenters. The van der Waals surface area contributed by atoms with Gasteiger partial charge in [0, 0.05) is 30.8 Å². The molecule has 1 heterocycles. The Balaban J connectivity index is 1.77. The van der Waals surface area contributed by atoms with Crippen molar-refractivity contribution in [3.05, 3.63) is 52.6 Å². The fourth-order valence-electron chi connectivity index (χ4n) is 4.51. The second-order valence-electron chi connectivity index (χ2n) is 10.3. The van der Waals surface area contributed by atoms with Gasteiger partial charge in [-0.2, -0.15) is 4.98 Å². The average Bonchev–Trinajstić information content (AvgIpc) is 3.35. The van der Waals surface area contributed by atoms with E-state index in [1.807, 2.05) is 26.0 Å². The molecule has 0 aliphatic rings. The highest BCUT2D eigenvalue weighted by molar-refractivity contribution is 5.76. The number of benzene rings is 2. The third kappa shape index (κ3) is 8.11. The molecular formula is C29H40N4O5. The van der Waals surface area contributed by atoms with Crippen molar-refractivity contribution < 1.29 is 24.3 Å². The van der Waals surface area contributed by atoms with Crippen LogP contribution in [0.15, 0.2) is 34.9 Å². The summed E-state index contributed by atoms with van der Waals surface area (Å²) in [7, 11) is 2.13. The lowest BCUT2D eigenvalue weighted by molar-refractivity contribution is -0.124. The van der Waals surface area contributed by atoms with Gasteiger partial charge in [-0.25, -0.2) is 0 Å². The zero-order valence-electron chi connectivity index (χ0n) is 23.2. The molecule has 0 fully saturated rings. The Hall–Kier alpha value is -3.27. The van der Waals surface area contributed by atoms with Crippen molar-refractivity contribution >= 4 is 5.91 Å². The molecule has 3 aromatic rings. The molecule has 9 heteroatoms. The van der Waals surface area contributed by atoms with Crippen LogP contribution in [-0.2, 0) is 17.8 Å². The zero-order valence-corrected chi connectivity index (χ0v) is 23.2. The highest BCUT2D eigenvalue weighted by atomic mass is 16.5. The maximum atomic E-state index is 11.2. The SMILES string of the molecule is CCc1cc(-c2noc(-c3cc(C)cc(CN(C)CC(C)C)c3)n2)cc(C)c1OCC(O)CNC(=O)CO. The number of hydrogen-bond acceptors (Lipinski definition) is 8. The minimum atomic E-state index is -0.904. The fraction of sp³-hybridized carbons (Fsp3) is 0.483. The smallest absolute Gasteiger partial charge is 0.258 e. The van der Waals surface area contributed by atoms with Crippen molar-refractivity contribution in [1.29, 1.82) is 0 Å². The molecule has 0 radical (unpaired) electrons. The van der Waals surface area contributed by atoms with Crippen molar-refractivity contribution in [2.75, 3.05) is 33.4 Å². The summed E-state index contributed by atoms with van der Waals surface area (Å²) >= 11 is 0. The monoisotopic (exact) mass is 524 g/mol. The van der Waals surface area contributed by atoms with E-state index in [-0.39, 0.29) is 13.2 Å². The van der Waals surface area contributed by atoms with Gasteiger partial charge in [0.15, 0.2) is 0 Å². The second-order valence-corrected chi connectivity index (χ2v) is 10.3. The lowest BCUT2D eigenvalue weighted by Gasteiger charge is -2.19. The summed E-state index contributed by atoms with van der Waals surface area (Å²) in [6, 6.07) is 10.3. The van der Waals surface area contributed by atoms with Gasteiger partial charge in [0.2, 0.25) is 11.7 Å². The number of aromatic nitrogens is 2. The Kier molecular flexibility index (Phi) is 10.4. The number of nitrogens with zero attached hydrogens (tertiary/aromatic N) is 3. The summed E-state index contributed by atoms with van der Waals surface area (Å²) in [6.07, 6.45) is -0.199. The number of aliphatic hydroxyl groups excluding tert-OH is 2. The largest absolute Gasteiger partial charge is 0.490 e. The predicted molar refractivity (Wildman–Crippen MR) is 147 cm³/mol. The highest BCUT2D eigenvalue weighted by Crippen LogP contribution is 2.31. The van der Waals surface area contributed by atoms with Crippen LogP contribution in [0.2, 0.25) is 0 Å². The van der Waals surface area contributed by atoms with E-state index in [4.69, 9.17) is 19.4 Å². The van der Waals surface area contributed by atoms with E-state index >= 15 is 0 Å². The van der Waals surface area contributed by atoms with Gasteiger partial charge in [-0.3, -0.25) is 4.79 Å². The summed E-state index contributed by atoms with van der Waals surface area (Å²) in [5, 5.41) is 25.6. The first-order valence-corrected chi connectivity index (χ1v) is 13.0. The highest BCUT2D eigenvalue weighted by Gasteiger charge is 2.17. The van der Waals surface area contributed by atoms with Crippen LogP contribution in [0.4, 0.5) is 0 Å². The molecule has 2 aromatic carbocycles. The first-order valence-electron chi connectivity index (χ1n) is 13.0. The number of aryl methyl sites for hydroxylation is 3. The molecule has 0 aliphatic carbocycles. The quantitative estimate of drug-likeness (QED) is 0.311. The molecule has 1 unspecified atom stereocenters. The maximum absolute atomic E-state index is 11.2. The number of carbonyl (C=O) groups excluding carboxylic acids is 1. The standard InChI is InChI=1S/C29H40N4O5/c1-7-22-12-23(10-20(5)27(22)37-17-25(35)13-30-26(36)16-34)28-31-29(38-32-28)24-9-19(4)8-21(11-24)15-33(6)14-18(2)3/h8-12,18,25,34-35H,7,13-17H2,1-6H3,(H,30,36). The molecule has 3 rings (SSSR count). The van der Waals surface area contributed by atoms with E-state index in [1.165, 1.54) is 5.56 Å². The number of rotatable bonds is 13. The van der Waals surface area contributed by atoms with Crippen LogP contribution in [0.1, 0.15) is 43.0 Å². The van der Waals surface area contributed by atoms with Crippen LogP contribution in [0.25, 0.3) is 22.8 Å². The minimum Gasteiger partial charge on any atom is -0.490 e. The van der Waals surface area contributed by atoms with Crippen LogP contribution < -0.4 is 10.1 Å². The summed E-state index contributed by atoms with van der Waals surface area (Å²) in [6.45, 7) is 11.7. The molecular weight excluding hydrogens is 484 g/mol. The van der Waals surface area contributed by atoms with Crippen molar-refractivity contribution in [1.82, 2.24) is 20.4 Å². The van der Waals surface area contributed by atoms with Gasteiger partial charge in [-0.1, -0.05) is 37.6 Å². The maximum Gasteiger partial charge on any atom is 0.258 e. The van der Waals surface area contributed by atoms with E-state index in [2.05, 4.69) is 61.4 Å². The zero-order chi connectivity index (χ0) is 27.8. The van der Waals surface area contributed by atoms with E-state index < -0.39 is 18.6 Å². The van der Waals surface area contributed by atoms with Crippen molar-refractivity contribution in [3.8, 4) is 28.6 Å². The molecule has 1 amide bonds. The van der Waals surface area contributed by atoms with Crippen LogP contribution in [0, 0.1) is 19.8 Å². The molecule has 0 spiro atoms. The van der Waals surface area contributed by atoms with Crippen molar-refractivity contribution in [2.24, 2.45) is 5.92 Å². The Morgan fingerprint density at radius 1 is 1.16 bits per heavy atom. The Bertz CT molecular complexity index is 1220. The Morgan fingerprint density at radius 2 is 1.92 bits per heavy atom. The summed E-state index contributed by atoms with van der Waals surface area (Å²) in [5.41, 5.74) is 5.88. The van der Waals surface area contributed by atoms with E-state index in [1.54, 1.807) is 0 Å². The van der Waals surface area contributed by atoms with Crippen LogP contribution in [0.5, 0.6) is 5.75 Å². The van der Waals surface area contributed by atoms with Crippen LogP contribution >= 0.6 is 0 Å². The van der Waals surface area contributed by atoms with Gasteiger partial charge in [-0.15, -0.1) is 0 Å². The summed E-state index contributed by atoms with van der Waals surface area (Å²) in [4.78, 5) is 18.2. The number of ether oxygens (including phenoxy) is 1. The fourth-order valence-corrected chi connectivity index (χ4v) is 4.51. The number of amides is 1. The number of aliphatic hydroxyl groups is 2. The lowest BCUT2D eigenvalue weighted by atomic mass is 10.0. The molecule has 38 heavy (non-hydrogen) atoms. The lowest BCUT2D eigenvalue weighted by Crippen LogP contribution is -2.36. The Morgan fingerprint density at radius 3 is 2.61 bits per heavy atom. The summed E-state index contributed by atoms with van der Waals surface area (Å²) in [5.74, 6) is 1.71. The van der Waals surface area contributed by atoms with Gasteiger partial charge in [0.25, 0.3) is 5.89 Å². The molecule has 0 saturated heterocycles. The van der Waals surface area contributed by atoms with Gasteiger partial charge >= 0.3 is 0 Å². The first kappa shape index (κ1) is 29.3. The Labute approximate surface area is 224 Å². The molecule has 0 aliphatic heterocycles. The van der Waals surface area contributed by atoms with Crippen molar-refractivity contribution in [2.45, 2.75) is 53.7 Å². The summed E-state index contributed by atoms with van der Waals surface area (Å²) < 4.78 is 11.6. The molecule has 1 aromatic heterocycles. The topological polar surface area (TPSA) is 121 Å². The molecule has 206 valence electrons. The van der Waals surface area contributed by atoms with Crippen LogP contribution in [0.3, 0.4) is 0 Å². The third-order valence-corrected chi connectivity index (χ3v) is 6.03. The number of hydrogen-bond donors (Lipinski definition) is 3. The average molecular weight is 525 g/mol. The third-order valence-electron chi connectivity index (χ3n) is 6.03. The number of nitrogens with one attached hydrogen (secondary N) is 1.